The zero-order valence-electron chi connectivity index (χ0n) is 6.46. The second kappa shape index (κ2) is 22.5. The lowest BCUT2D eigenvalue weighted by atomic mass is 10.5. The molecule has 0 radical (unpaired) electrons. The molecule has 0 aliphatic carbocycles. The fourth-order valence-corrected chi connectivity index (χ4v) is 0.167. The largest absolute Gasteiger partial charge is 0.384 e. The quantitative estimate of drug-likeness (QED) is 0.505. The van der Waals surface area contributed by atoms with E-state index in [0.29, 0.717) is 0 Å². The Morgan fingerprint density at radius 2 is 1.15 bits per heavy atom. The van der Waals surface area contributed by atoms with Gasteiger partial charge in [0.2, 0.25) is 0 Å². The Kier molecular flexibility index (Phi) is 29.9. The van der Waals surface area contributed by atoms with Crippen LogP contribution in [0.2, 0.25) is 0 Å². The van der Waals surface area contributed by atoms with Gasteiger partial charge < -0.3 is 10.2 Å². The van der Waals surface area contributed by atoms with Crippen LogP contribution in [0.5, 0.6) is 0 Å². The Labute approximate surface area is 80.0 Å². The van der Waals surface area contributed by atoms with E-state index in [1.165, 1.54) is 0 Å². The van der Waals surface area contributed by atoms with Gasteiger partial charge in [0.25, 0.3) is 0 Å². The zero-order valence-corrected chi connectivity index (χ0v) is 6.46. The summed E-state index contributed by atoms with van der Waals surface area (Å²) in [6, 6.07) is 0. The first-order valence-corrected chi connectivity index (χ1v) is 2.92. The lowest BCUT2D eigenvalue weighted by molar-refractivity contribution is 0.350. The van der Waals surface area contributed by atoms with Crippen molar-refractivity contribution in [1.82, 2.24) is 0 Å². The van der Waals surface area contributed by atoms with Crippen molar-refractivity contribution < 1.29 is 10.2 Å². The number of rotatable bonds is 0. The van der Waals surface area contributed by atoms with Crippen molar-refractivity contribution in [3.8, 4) is 48.4 Å². The van der Waals surface area contributed by atoms with Crippen molar-refractivity contribution in [3.63, 3.8) is 0 Å². The van der Waals surface area contributed by atoms with Crippen molar-refractivity contribution in [2.45, 2.75) is 7.43 Å². The van der Waals surface area contributed by atoms with Gasteiger partial charge >= 0.3 is 0 Å². The fourth-order valence-electron chi connectivity index (χ4n) is 0.167. The van der Waals surface area contributed by atoms with E-state index >= 15 is 0 Å². The molecule has 0 spiro atoms. The van der Waals surface area contributed by atoms with E-state index in [-0.39, 0.29) is 20.6 Å². The van der Waals surface area contributed by atoms with Crippen molar-refractivity contribution >= 4 is 0 Å². The monoisotopic (exact) mass is 176 g/mol. The van der Waals surface area contributed by atoms with Gasteiger partial charge in [0.1, 0.15) is 13.2 Å². The molecule has 0 amide bonds. The topological polar surface area (TPSA) is 40.5 Å². The van der Waals surface area contributed by atoms with Gasteiger partial charge in [-0.15, -0.1) is 12.8 Å². The highest BCUT2D eigenvalue weighted by Gasteiger charge is 1.57. The molecule has 0 bridgehead atoms. The molecule has 0 aliphatic rings. The summed E-state index contributed by atoms with van der Waals surface area (Å²) >= 11 is 0. The number of aliphatic hydroxyl groups is 2. The van der Waals surface area contributed by atoms with Gasteiger partial charge in [0.05, 0.1) is 0 Å². The molecule has 0 aromatic heterocycles. The van der Waals surface area contributed by atoms with E-state index in [1.807, 2.05) is 11.8 Å². The minimum absolute atomic E-state index is 0. The summed E-state index contributed by atoms with van der Waals surface area (Å²) in [5.41, 5.74) is 0. The fraction of sp³-hybridized carbons (Fsp3) is 0.273. The third kappa shape index (κ3) is 39.1. The molecule has 0 heterocycles. The molecule has 0 aliphatic heterocycles. The van der Waals surface area contributed by atoms with Crippen LogP contribution in [0.15, 0.2) is 0 Å². The molecule has 0 atom stereocenters. The smallest absolute Gasteiger partial charge is 0.105 e. The van der Waals surface area contributed by atoms with Crippen molar-refractivity contribution in [2.24, 2.45) is 0 Å². The maximum atomic E-state index is 8.06. The average Bonchev–Trinajstić information content (AvgIpc) is 2.13. The van der Waals surface area contributed by atoms with Gasteiger partial charge in [-0.2, -0.15) is 0 Å². The first kappa shape index (κ1) is 17.3. The molecular formula is C11H12O2. The molecule has 13 heavy (non-hydrogen) atoms. The maximum Gasteiger partial charge on any atom is 0.105 e. The Morgan fingerprint density at radius 3 is 1.31 bits per heavy atom. The first-order chi connectivity index (χ1) is 5.83. The van der Waals surface area contributed by atoms with Crippen LogP contribution in [-0.4, -0.2) is 23.4 Å². The molecule has 0 aromatic rings. The van der Waals surface area contributed by atoms with Gasteiger partial charge in [0, 0.05) is 0 Å². The molecule has 68 valence electrons. The molecule has 0 rings (SSSR count). The minimum atomic E-state index is -0.180. The third-order valence-electron chi connectivity index (χ3n) is 0.481. The zero-order chi connectivity index (χ0) is 9.66. The Morgan fingerprint density at radius 1 is 0.846 bits per heavy atom. The first-order valence-electron chi connectivity index (χ1n) is 2.92. The van der Waals surface area contributed by atoms with E-state index in [9.17, 15) is 0 Å². The molecule has 0 aromatic carbocycles. The van der Waals surface area contributed by atoms with Crippen molar-refractivity contribution in [2.75, 3.05) is 13.2 Å². The van der Waals surface area contributed by atoms with E-state index in [4.69, 9.17) is 10.2 Å². The maximum absolute atomic E-state index is 8.06. The average molecular weight is 176 g/mol. The van der Waals surface area contributed by atoms with Gasteiger partial charge in [0.15, 0.2) is 0 Å². The van der Waals surface area contributed by atoms with Crippen LogP contribution in [0.3, 0.4) is 0 Å². The standard InChI is InChI=1S/C6H6O2.C4H2.CH4/c7-5-3-1-2-4-6-8;1-3-4-2;/h7-8H,5-6H2;1-2H;1H4. The summed E-state index contributed by atoms with van der Waals surface area (Å²) in [7, 11) is 0. The Bertz CT molecular complexity index is 249. The highest BCUT2D eigenvalue weighted by Crippen LogP contribution is 1.52. The summed E-state index contributed by atoms with van der Waals surface area (Å²) in [6.45, 7) is -0.361. The van der Waals surface area contributed by atoms with Crippen LogP contribution in [0.25, 0.3) is 0 Å². The predicted octanol–water partition coefficient (Wildman–Crippen LogP) is -0.133. The lowest BCUT2D eigenvalue weighted by Gasteiger charge is -1.64. The second-order valence-corrected chi connectivity index (χ2v) is 1.21. The molecule has 0 fully saturated rings. The van der Waals surface area contributed by atoms with Crippen molar-refractivity contribution in [1.29, 1.82) is 0 Å². The van der Waals surface area contributed by atoms with Crippen LogP contribution in [-0.2, 0) is 0 Å². The number of hydrogen-bond donors (Lipinski definition) is 2. The van der Waals surface area contributed by atoms with E-state index < -0.39 is 0 Å². The molecule has 0 unspecified atom stereocenters. The SMILES string of the molecule is C.C#CC#C.OCC#CC#CCO. The van der Waals surface area contributed by atoms with Crippen LogP contribution in [0.4, 0.5) is 0 Å². The molecule has 0 saturated carbocycles. The number of hydrogen-bond acceptors (Lipinski definition) is 2. The molecule has 2 N–H and O–H groups in total. The summed E-state index contributed by atoms with van der Waals surface area (Å²) in [4.78, 5) is 0. The number of aliphatic hydroxyl groups excluding tert-OH is 2. The van der Waals surface area contributed by atoms with E-state index in [0.717, 1.165) is 0 Å². The summed E-state index contributed by atoms with van der Waals surface area (Å²) in [5.74, 6) is 13.2. The van der Waals surface area contributed by atoms with Gasteiger partial charge in [-0.3, -0.25) is 0 Å². The highest BCUT2D eigenvalue weighted by atomic mass is 16.3. The van der Waals surface area contributed by atoms with Crippen molar-refractivity contribution in [3.05, 3.63) is 0 Å². The van der Waals surface area contributed by atoms with Crippen LogP contribution in [0, 0.1) is 48.4 Å². The van der Waals surface area contributed by atoms with Crippen LogP contribution < -0.4 is 0 Å². The molecule has 0 saturated heterocycles. The predicted molar refractivity (Wildman–Crippen MR) is 54.1 cm³/mol. The minimum Gasteiger partial charge on any atom is -0.384 e. The Balaban J connectivity index is -0.000000173. The third-order valence-corrected chi connectivity index (χ3v) is 0.481. The van der Waals surface area contributed by atoms with Crippen LogP contribution >= 0.6 is 0 Å². The van der Waals surface area contributed by atoms with Gasteiger partial charge in [-0.1, -0.05) is 19.3 Å². The summed E-state index contributed by atoms with van der Waals surface area (Å²) in [6.07, 6.45) is 9.08. The second-order valence-electron chi connectivity index (χ2n) is 1.21. The molecular weight excluding hydrogens is 164 g/mol. The van der Waals surface area contributed by atoms with Gasteiger partial charge in [-0.05, 0) is 23.7 Å². The van der Waals surface area contributed by atoms with E-state index in [2.05, 4.69) is 36.5 Å². The Hall–Kier alpha value is -1.84. The van der Waals surface area contributed by atoms with Gasteiger partial charge in [-0.25, -0.2) is 0 Å². The summed E-state index contributed by atoms with van der Waals surface area (Å²) < 4.78 is 0. The van der Waals surface area contributed by atoms with E-state index in [1.54, 1.807) is 0 Å². The number of terminal acetylenes is 2. The van der Waals surface area contributed by atoms with Crippen LogP contribution in [0.1, 0.15) is 7.43 Å². The molecule has 2 heteroatoms. The lowest BCUT2D eigenvalue weighted by Crippen LogP contribution is -1.71. The normalized spacial score (nSPS) is 4.31. The highest BCUT2D eigenvalue weighted by molar-refractivity contribution is 5.25. The summed E-state index contributed by atoms with van der Waals surface area (Å²) in [5, 5.41) is 16.1. The molecule has 2 nitrogen and oxygen atoms in total.